The normalized spacial score (nSPS) is 22.2. The molecule has 1 atom stereocenters. The van der Waals surface area contributed by atoms with Crippen LogP contribution in [-0.4, -0.2) is 17.5 Å². The monoisotopic (exact) mass is 240 g/mol. The molecule has 18 heavy (non-hydrogen) atoms. The molecule has 2 aromatic carbocycles. The number of rotatable bonds is 1. The highest BCUT2D eigenvalue weighted by molar-refractivity contribution is 6.05. The smallest absolute Gasteiger partial charge is 0.206 e. The Kier molecular flexibility index (Phi) is 2.42. The Morgan fingerprint density at radius 2 is 1.67 bits per heavy atom. The van der Waals surface area contributed by atoms with Gasteiger partial charge >= 0.3 is 0 Å². The lowest BCUT2D eigenvalue weighted by atomic mass is 9.84. The summed E-state index contributed by atoms with van der Waals surface area (Å²) in [6, 6.07) is 15.9. The maximum absolute atomic E-state index is 12.4. The largest absolute Gasteiger partial charge is 0.489 e. The molecule has 1 N–H and O–H groups in total. The van der Waals surface area contributed by atoms with Crippen LogP contribution in [0.4, 0.5) is 0 Å². The second-order valence-electron chi connectivity index (χ2n) is 4.34. The lowest BCUT2D eigenvalue weighted by molar-refractivity contribution is -0.00504. The van der Waals surface area contributed by atoms with Crippen molar-refractivity contribution in [2.75, 3.05) is 6.61 Å². The molecule has 0 radical (unpaired) electrons. The van der Waals surface area contributed by atoms with Gasteiger partial charge in [0.1, 0.15) is 12.4 Å². The minimum atomic E-state index is -1.59. The molecule has 0 amide bonds. The molecule has 0 fully saturated rings. The van der Waals surface area contributed by atoms with E-state index in [0.717, 1.165) is 0 Å². The van der Waals surface area contributed by atoms with Crippen molar-refractivity contribution in [3.05, 3.63) is 65.7 Å². The maximum Gasteiger partial charge on any atom is 0.206 e. The summed E-state index contributed by atoms with van der Waals surface area (Å²) in [5.74, 6) is 0.221. The van der Waals surface area contributed by atoms with Gasteiger partial charge in [0, 0.05) is 0 Å². The summed E-state index contributed by atoms with van der Waals surface area (Å²) in [5.41, 5.74) is -0.602. The van der Waals surface area contributed by atoms with Crippen LogP contribution in [-0.2, 0) is 5.60 Å². The Morgan fingerprint density at radius 1 is 1.00 bits per heavy atom. The lowest BCUT2D eigenvalue weighted by Crippen LogP contribution is -2.44. The number of carbonyl (C=O) groups is 1. The van der Waals surface area contributed by atoms with E-state index < -0.39 is 5.60 Å². The molecule has 90 valence electrons. The van der Waals surface area contributed by atoms with Gasteiger partial charge in [-0.1, -0.05) is 42.5 Å². The first kappa shape index (κ1) is 11.0. The van der Waals surface area contributed by atoms with E-state index in [-0.39, 0.29) is 12.4 Å². The third-order valence-corrected chi connectivity index (χ3v) is 3.20. The van der Waals surface area contributed by atoms with Crippen LogP contribution in [0.2, 0.25) is 0 Å². The summed E-state index contributed by atoms with van der Waals surface area (Å²) < 4.78 is 5.49. The summed E-state index contributed by atoms with van der Waals surface area (Å²) in [6.45, 7) is -0.0488. The van der Waals surface area contributed by atoms with Gasteiger partial charge in [0.05, 0.1) is 5.56 Å². The zero-order valence-electron chi connectivity index (χ0n) is 9.67. The quantitative estimate of drug-likeness (QED) is 0.830. The molecule has 0 saturated carbocycles. The maximum atomic E-state index is 12.4. The van der Waals surface area contributed by atoms with Gasteiger partial charge in [-0.3, -0.25) is 4.79 Å². The summed E-state index contributed by atoms with van der Waals surface area (Å²) in [4.78, 5) is 12.4. The standard InChI is InChI=1S/C15H12O3/c16-14-12-8-4-5-9-13(12)18-10-15(14,17)11-6-2-1-3-7-11/h1-9,17H,10H2/t15-/m1/s1. The fourth-order valence-electron chi connectivity index (χ4n) is 2.18. The molecule has 0 bridgehead atoms. The second-order valence-corrected chi connectivity index (χ2v) is 4.34. The number of ketones is 1. The van der Waals surface area contributed by atoms with Crippen molar-refractivity contribution in [1.29, 1.82) is 0 Å². The van der Waals surface area contributed by atoms with Crippen LogP contribution in [0.5, 0.6) is 5.75 Å². The van der Waals surface area contributed by atoms with Crippen molar-refractivity contribution in [2.45, 2.75) is 5.60 Å². The summed E-state index contributed by atoms with van der Waals surface area (Å²) >= 11 is 0. The molecule has 2 aromatic rings. The van der Waals surface area contributed by atoms with Crippen LogP contribution in [0.15, 0.2) is 54.6 Å². The summed E-state index contributed by atoms with van der Waals surface area (Å²) in [5, 5.41) is 10.6. The highest BCUT2D eigenvalue weighted by Gasteiger charge is 2.43. The predicted molar refractivity (Wildman–Crippen MR) is 66.6 cm³/mol. The van der Waals surface area contributed by atoms with Gasteiger partial charge in [-0.15, -0.1) is 0 Å². The first-order chi connectivity index (χ1) is 8.72. The number of para-hydroxylation sites is 1. The zero-order chi connectivity index (χ0) is 12.6. The lowest BCUT2D eigenvalue weighted by Gasteiger charge is -2.32. The van der Waals surface area contributed by atoms with Gasteiger partial charge in [-0.2, -0.15) is 0 Å². The van der Waals surface area contributed by atoms with Crippen molar-refractivity contribution in [2.24, 2.45) is 0 Å². The van der Waals surface area contributed by atoms with E-state index in [1.165, 1.54) is 0 Å². The van der Waals surface area contributed by atoms with E-state index in [1.807, 2.05) is 6.07 Å². The Hall–Kier alpha value is -2.13. The molecule has 1 aliphatic heterocycles. The van der Waals surface area contributed by atoms with Crippen molar-refractivity contribution in [1.82, 2.24) is 0 Å². The van der Waals surface area contributed by atoms with E-state index in [4.69, 9.17) is 4.74 Å². The fourth-order valence-corrected chi connectivity index (χ4v) is 2.18. The van der Waals surface area contributed by atoms with Crippen molar-refractivity contribution < 1.29 is 14.6 Å². The average Bonchev–Trinajstić information content (AvgIpc) is 2.44. The summed E-state index contributed by atoms with van der Waals surface area (Å²) in [7, 11) is 0. The van der Waals surface area contributed by atoms with Crippen LogP contribution in [0.25, 0.3) is 0 Å². The van der Waals surface area contributed by atoms with Crippen LogP contribution >= 0.6 is 0 Å². The SMILES string of the molecule is O=C1c2ccccc2OC[C@@]1(O)c1ccccc1. The number of carbonyl (C=O) groups excluding carboxylic acids is 1. The van der Waals surface area contributed by atoms with E-state index in [9.17, 15) is 9.90 Å². The molecule has 3 nitrogen and oxygen atoms in total. The first-order valence-corrected chi connectivity index (χ1v) is 5.76. The van der Waals surface area contributed by atoms with E-state index >= 15 is 0 Å². The highest BCUT2D eigenvalue weighted by atomic mass is 16.5. The molecule has 3 rings (SSSR count). The number of fused-ring (bicyclic) bond motifs is 1. The number of hydrogen-bond acceptors (Lipinski definition) is 3. The number of hydrogen-bond donors (Lipinski definition) is 1. The van der Waals surface area contributed by atoms with Gasteiger partial charge in [0.15, 0.2) is 5.60 Å². The zero-order valence-corrected chi connectivity index (χ0v) is 9.67. The van der Waals surface area contributed by atoms with Gasteiger partial charge in [-0.25, -0.2) is 0 Å². The third-order valence-electron chi connectivity index (χ3n) is 3.20. The minimum Gasteiger partial charge on any atom is -0.489 e. The first-order valence-electron chi connectivity index (χ1n) is 5.76. The molecular formula is C15H12O3. The Balaban J connectivity index is 2.10. The molecular weight excluding hydrogens is 228 g/mol. The van der Waals surface area contributed by atoms with Gasteiger partial charge in [-0.05, 0) is 17.7 Å². The van der Waals surface area contributed by atoms with Gasteiger partial charge in [0.2, 0.25) is 5.78 Å². The minimum absolute atomic E-state index is 0.0488. The Labute approximate surface area is 105 Å². The van der Waals surface area contributed by atoms with Crippen molar-refractivity contribution >= 4 is 5.78 Å². The highest BCUT2D eigenvalue weighted by Crippen LogP contribution is 2.34. The fraction of sp³-hybridized carbons (Fsp3) is 0.133. The average molecular weight is 240 g/mol. The summed E-state index contributed by atoms with van der Waals surface area (Å²) in [6.07, 6.45) is 0. The Bertz CT molecular complexity index is 592. The number of Topliss-reactive ketones (excluding diaryl/α,β-unsaturated/α-hetero) is 1. The Morgan fingerprint density at radius 3 is 2.44 bits per heavy atom. The number of ether oxygens (including phenoxy) is 1. The molecule has 3 heteroatoms. The van der Waals surface area contributed by atoms with E-state index in [0.29, 0.717) is 16.9 Å². The van der Waals surface area contributed by atoms with E-state index in [1.54, 1.807) is 48.5 Å². The molecule has 0 spiro atoms. The van der Waals surface area contributed by atoms with Crippen molar-refractivity contribution in [3.63, 3.8) is 0 Å². The molecule has 0 unspecified atom stereocenters. The van der Waals surface area contributed by atoms with Gasteiger partial charge < -0.3 is 9.84 Å². The molecule has 0 aliphatic carbocycles. The van der Waals surface area contributed by atoms with Crippen LogP contribution in [0.3, 0.4) is 0 Å². The van der Waals surface area contributed by atoms with Crippen molar-refractivity contribution in [3.8, 4) is 5.75 Å². The number of aliphatic hydroxyl groups is 1. The van der Waals surface area contributed by atoms with Gasteiger partial charge in [0.25, 0.3) is 0 Å². The molecule has 1 aliphatic rings. The molecule has 1 heterocycles. The van der Waals surface area contributed by atoms with E-state index in [2.05, 4.69) is 0 Å². The predicted octanol–water partition coefficient (Wildman–Crippen LogP) is 2.15. The van der Waals surface area contributed by atoms with Crippen LogP contribution in [0, 0.1) is 0 Å². The van der Waals surface area contributed by atoms with Crippen LogP contribution in [0.1, 0.15) is 15.9 Å². The van der Waals surface area contributed by atoms with Crippen LogP contribution < -0.4 is 4.74 Å². The number of benzene rings is 2. The third kappa shape index (κ3) is 1.52. The molecule has 0 aromatic heterocycles. The topological polar surface area (TPSA) is 46.5 Å². The second kappa shape index (κ2) is 3.96. The molecule has 0 saturated heterocycles.